The summed E-state index contributed by atoms with van der Waals surface area (Å²) < 4.78 is 58.7. The van der Waals surface area contributed by atoms with E-state index < -0.39 is 23.7 Å². The molecule has 7 rings (SSSR count). The maximum Gasteiger partial charge on any atom is 0.214 e. The first-order chi connectivity index (χ1) is 21.2. The Morgan fingerprint density at radius 2 is 1.82 bits per heavy atom. The van der Waals surface area contributed by atoms with Gasteiger partial charge in [-0.25, -0.2) is 23.1 Å². The summed E-state index contributed by atoms with van der Waals surface area (Å²) in [6, 6.07) is 16.8. The molecule has 2 aromatic heterocycles. The van der Waals surface area contributed by atoms with Crippen LogP contribution in [0.2, 0.25) is 0 Å². The van der Waals surface area contributed by atoms with E-state index in [1.54, 1.807) is 55.5 Å². The van der Waals surface area contributed by atoms with Crippen molar-refractivity contribution in [3.05, 3.63) is 112 Å². The van der Waals surface area contributed by atoms with E-state index in [0.717, 1.165) is 24.1 Å². The van der Waals surface area contributed by atoms with Gasteiger partial charge in [-0.2, -0.15) is 0 Å². The molecular weight excluding hydrogens is 571 g/mol. The summed E-state index contributed by atoms with van der Waals surface area (Å²) in [6.45, 7) is 3.63. The van der Waals surface area contributed by atoms with Gasteiger partial charge in [0.15, 0.2) is 6.29 Å². The van der Waals surface area contributed by atoms with E-state index in [0.29, 0.717) is 53.7 Å². The highest BCUT2D eigenvalue weighted by molar-refractivity contribution is 5.77. The minimum Gasteiger partial charge on any atom is -0.473 e. The zero-order valence-corrected chi connectivity index (χ0v) is 23.9. The number of aryl methyl sites for hydroxylation is 1. The second kappa shape index (κ2) is 11.0. The number of pyridine rings is 1. The third-order valence-electron chi connectivity index (χ3n) is 8.76. The number of aliphatic hydroxyl groups is 2. The van der Waals surface area contributed by atoms with Crippen molar-refractivity contribution in [2.75, 3.05) is 13.2 Å². The van der Waals surface area contributed by atoms with E-state index >= 15 is 8.78 Å². The first-order valence-electron chi connectivity index (χ1n) is 14.5. The molecule has 0 amide bonds. The number of nitrogens with zero attached hydrogens (tertiary/aromatic N) is 3. The maximum absolute atomic E-state index is 15.6. The molecule has 5 aromatic rings. The Hall–Kier alpha value is -4.25. The molecule has 0 radical (unpaired) electrons. The molecular formula is C34H30F3N3O4. The Morgan fingerprint density at radius 1 is 0.977 bits per heavy atom. The molecule has 2 atom stereocenters. The summed E-state index contributed by atoms with van der Waals surface area (Å²) in [6.07, 6.45) is -0.607. The van der Waals surface area contributed by atoms with Gasteiger partial charge in [-0.3, -0.25) is 0 Å². The smallest absolute Gasteiger partial charge is 0.214 e. The van der Waals surface area contributed by atoms with Gasteiger partial charge in [-0.1, -0.05) is 24.3 Å². The molecule has 3 heterocycles. The molecule has 0 bridgehead atoms. The number of aromatic nitrogens is 3. The monoisotopic (exact) mass is 601 g/mol. The molecule has 1 aliphatic heterocycles. The Morgan fingerprint density at radius 3 is 2.57 bits per heavy atom. The summed E-state index contributed by atoms with van der Waals surface area (Å²) in [5.41, 5.74) is 3.03. The van der Waals surface area contributed by atoms with Gasteiger partial charge in [0.05, 0.1) is 29.9 Å². The molecule has 1 aliphatic carbocycles. The lowest BCUT2D eigenvalue weighted by molar-refractivity contribution is -0.0424. The van der Waals surface area contributed by atoms with Crippen molar-refractivity contribution in [2.24, 2.45) is 11.3 Å². The van der Waals surface area contributed by atoms with Crippen molar-refractivity contribution in [3.8, 4) is 17.1 Å². The van der Waals surface area contributed by atoms with E-state index in [4.69, 9.17) is 14.5 Å². The van der Waals surface area contributed by atoms with E-state index in [2.05, 4.69) is 4.98 Å². The number of ether oxygens (including phenoxy) is 2. The number of imidazole rings is 1. The number of rotatable bonds is 9. The number of benzene rings is 3. The predicted molar refractivity (Wildman–Crippen MR) is 156 cm³/mol. The standard InChI is InChI=1S/C34H30F3N3O4/c1-19-5-6-21(25(35)9-19)15-44-32-4-2-3-28(39-32)24-13-26(36)22(10-27(24)37)12-31-38-29-8-7-20(33(41)42)11-30(29)40(31)17-34-14-23(34)16-43-18-34/h2-11,13,23,33,41-42H,12,14-18H2,1H3. The van der Waals surface area contributed by atoms with Crippen LogP contribution in [-0.4, -0.2) is 38.0 Å². The summed E-state index contributed by atoms with van der Waals surface area (Å²) >= 11 is 0. The molecule has 3 aromatic carbocycles. The van der Waals surface area contributed by atoms with Gasteiger partial charge in [-0.05, 0) is 66.8 Å². The molecule has 2 N–H and O–H groups in total. The predicted octanol–water partition coefficient (Wildman–Crippen LogP) is 6.01. The van der Waals surface area contributed by atoms with Gasteiger partial charge in [0.25, 0.3) is 0 Å². The Labute approximate surface area is 251 Å². The number of hydrogen-bond donors (Lipinski definition) is 2. The van der Waals surface area contributed by atoms with Crippen molar-refractivity contribution in [1.29, 1.82) is 0 Å². The van der Waals surface area contributed by atoms with Gasteiger partial charge >= 0.3 is 0 Å². The molecule has 2 unspecified atom stereocenters. The molecule has 0 spiro atoms. The fraction of sp³-hybridized carbons (Fsp3) is 0.294. The molecule has 2 aliphatic rings. The fourth-order valence-electron chi connectivity index (χ4n) is 6.12. The van der Waals surface area contributed by atoms with Crippen LogP contribution < -0.4 is 4.74 Å². The second-order valence-electron chi connectivity index (χ2n) is 11.9. The average Bonchev–Trinajstić information content (AvgIpc) is 3.35. The zero-order chi connectivity index (χ0) is 30.6. The molecule has 226 valence electrons. The molecule has 44 heavy (non-hydrogen) atoms. The summed E-state index contributed by atoms with van der Waals surface area (Å²) in [7, 11) is 0. The Balaban J connectivity index is 1.17. The normalized spacial score (nSPS) is 19.1. The van der Waals surface area contributed by atoms with Crippen LogP contribution >= 0.6 is 0 Å². The third kappa shape index (κ3) is 5.34. The summed E-state index contributed by atoms with van der Waals surface area (Å²) in [4.78, 5) is 9.07. The van der Waals surface area contributed by atoms with Gasteiger partial charge in [0.1, 0.15) is 29.9 Å². The minimum absolute atomic E-state index is 0.0228. The summed E-state index contributed by atoms with van der Waals surface area (Å²) in [5.74, 6) is -0.531. The van der Waals surface area contributed by atoms with E-state index in [1.165, 1.54) is 6.07 Å². The second-order valence-corrected chi connectivity index (χ2v) is 11.9. The lowest BCUT2D eigenvalue weighted by atomic mass is 10.0. The van der Waals surface area contributed by atoms with Crippen LogP contribution in [0.5, 0.6) is 5.88 Å². The molecule has 2 fully saturated rings. The number of fused-ring (bicyclic) bond motifs is 2. The third-order valence-corrected chi connectivity index (χ3v) is 8.76. The fourth-order valence-corrected chi connectivity index (χ4v) is 6.12. The maximum atomic E-state index is 15.6. The van der Waals surface area contributed by atoms with Crippen molar-refractivity contribution < 1.29 is 32.9 Å². The highest BCUT2D eigenvalue weighted by Gasteiger charge is 2.58. The number of halogens is 3. The van der Waals surface area contributed by atoms with Gasteiger partial charge < -0.3 is 24.3 Å². The SMILES string of the molecule is Cc1ccc(COc2cccc(-c3cc(F)c(Cc4nc5ccc(C(O)O)cc5n4CC45COCC4C5)cc3F)n2)c(F)c1. The lowest BCUT2D eigenvalue weighted by Gasteiger charge is -2.17. The highest BCUT2D eigenvalue weighted by Crippen LogP contribution is 2.58. The van der Waals surface area contributed by atoms with Gasteiger partial charge in [0.2, 0.25) is 5.88 Å². The van der Waals surface area contributed by atoms with E-state index in [9.17, 15) is 14.6 Å². The molecule has 1 saturated carbocycles. The molecule has 10 heteroatoms. The Bertz CT molecular complexity index is 1890. The van der Waals surface area contributed by atoms with Crippen molar-refractivity contribution in [1.82, 2.24) is 14.5 Å². The van der Waals surface area contributed by atoms with Crippen molar-refractivity contribution in [2.45, 2.75) is 39.2 Å². The van der Waals surface area contributed by atoms with Crippen LogP contribution in [0, 0.1) is 35.7 Å². The van der Waals surface area contributed by atoms with E-state index in [-0.39, 0.29) is 41.1 Å². The lowest BCUT2D eigenvalue weighted by Crippen LogP contribution is -2.18. The number of hydrogen-bond acceptors (Lipinski definition) is 6. The highest BCUT2D eigenvalue weighted by atomic mass is 19.1. The van der Waals surface area contributed by atoms with Crippen molar-refractivity contribution in [3.63, 3.8) is 0 Å². The van der Waals surface area contributed by atoms with E-state index in [1.807, 2.05) is 4.57 Å². The van der Waals surface area contributed by atoms with Crippen molar-refractivity contribution >= 4 is 11.0 Å². The number of aliphatic hydroxyl groups excluding tert-OH is 1. The van der Waals surface area contributed by atoms with Gasteiger partial charge in [-0.15, -0.1) is 0 Å². The average molecular weight is 602 g/mol. The van der Waals surface area contributed by atoms with Crippen LogP contribution in [0.4, 0.5) is 13.2 Å². The molecule has 1 saturated heterocycles. The first-order valence-corrected chi connectivity index (χ1v) is 14.5. The van der Waals surface area contributed by atoms with Gasteiger partial charge in [0, 0.05) is 41.1 Å². The van der Waals surface area contributed by atoms with Crippen LogP contribution in [0.25, 0.3) is 22.3 Å². The topological polar surface area (TPSA) is 89.6 Å². The summed E-state index contributed by atoms with van der Waals surface area (Å²) in [5, 5.41) is 19.5. The first kappa shape index (κ1) is 28.5. The van der Waals surface area contributed by atoms with Crippen LogP contribution in [-0.2, 0) is 24.3 Å². The van der Waals surface area contributed by atoms with Crippen LogP contribution in [0.1, 0.15) is 40.8 Å². The minimum atomic E-state index is -1.65. The zero-order valence-electron chi connectivity index (χ0n) is 23.9. The van der Waals surface area contributed by atoms with Crippen LogP contribution in [0.3, 0.4) is 0 Å². The largest absolute Gasteiger partial charge is 0.473 e. The van der Waals surface area contributed by atoms with Crippen LogP contribution in [0.15, 0.2) is 66.7 Å². The molecule has 7 nitrogen and oxygen atoms in total. The Kier molecular flexibility index (Phi) is 7.15. The quantitative estimate of drug-likeness (QED) is 0.201.